The molecule has 7 heteroatoms. The molecule has 0 unspecified atom stereocenters. The molecule has 1 heterocycles. The Morgan fingerprint density at radius 2 is 1.94 bits per heavy atom. The largest absolute Gasteiger partial charge is 0.357 e. The Morgan fingerprint density at radius 1 is 1.25 bits per heavy atom. The molecule has 4 nitrogen and oxygen atoms in total. The number of hydrogen-bond donors (Lipinski definition) is 2. The van der Waals surface area contributed by atoms with E-state index in [2.05, 4.69) is 15.5 Å². The van der Waals surface area contributed by atoms with Crippen molar-refractivity contribution in [1.29, 1.82) is 0 Å². The molecule has 0 amide bonds. The topological polar surface area (TPSA) is 63.8 Å². The molecule has 1 fully saturated rings. The van der Waals surface area contributed by atoms with Gasteiger partial charge in [0.25, 0.3) is 6.43 Å². The van der Waals surface area contributed by atoms with Crippen LogP contribution in [0, 0.1) is 0 Å². The van der Waals surface area contributed by atoms with E-state index in [9.17, 15) is 8.78 Å². The molecular formula is C9H14F2N4S. The Hall–Kier alpha value is -0.820. The number of hydrogen-bond acceptors (Lipinski definition) is 5. The highest BCUT2D eigenvalue weighted by atomic mass is 32.1. The first-order valence-electron chi connectivity index (χ1n) is 5.29. The summed E-state index contributed by atoms with van der Waals surface area (Å²) in [6.45, 7) is 0. The Bertz CT molecular complexity index is 336. The van der Waals surface area contributed by atoms with E-state index in [0.29, 0.717) is 11.2 Å². The van der Waals surface area contributed by atoms with Gasteiger partial charge in [-0.1, -0.05) is 11.3 Å². The second kappa shape index (κ2) is 5.01. The highest BCUT2D eigenvalue weighted by Crippen LogP contribution is 2.27. The lowest BCUT2D eigenvalue weighted by Gasteiger charge is -2.26. The molecule has 1 aliphatic rings. The van der Waals surface area contributed by atoms with Gasteiger partial charge < -0.3 is 11.1 Å². The van der Waals surface area contributed by atoms with Gasteiger partial charge in [0.15, 0.2) is 5.01 Å². The van der Waals surface area contributed by atoms with Crippen LogP contribution in [0.1, 0.15) is 37.1 Å². The van der Waals surface area contributed by atoms with Crippen molar-refractivity contribution in [2.45, 2.75) is 44.2 Å². The molecule has 0 radical (unpaired) electrons. The number of rotatable bonds is 3. The number of halogens is 2. The molecule has 1 aromatic heterocycles. The van der Waals surface area contributed by atoms with Gasteiger partial charge in [-0.15, -0.1) is 10.2 Å². The molecule has 0 saturated heterocycles. The van der Waals surface area contributed by atoms with Gasteiger partial charge in [-0.05, 0) is 25.7 Å². The fourth-order valence-electron chi connectivity index (χ4n) is 1.82. The second-order valence-corrected chi connectivity index (χ2v) is 5.01. The average molecular weight is 248 g/mol. The fourth-order valence-corrected chi connectivity index (χ4v) is 2.50. The molecule has 1 saturated carbocycles. The molecule has 0 aromatic carbocycles. The van der Waals surface area contributed by atoms with Gasteiger partial charge >= 0.3 is 0 Å². The maximum Gasteiger partial charge on any atom is 0.291 e. The third kappa shape index (κ3) is 2.85. The Morgan fingerprint density at radius 3 is 2.50 bits per heavy atom. The van der Waals surface area contributed by atoms with Gasteiger partial charge in [-0.25, -0.2) is 8.78 Å². The summed E-state index contributed by atoms with van der Waals surface area (Å²) >= 11 is 0.921. The van der Waals surface area contributed by atoms with Gasteiger partial charge in [-0.2, -0.15) is 0 Å². The van der Waals surface area contributed by atoms with Crippen LogP contribution in [0.2, 0.25) is 0 Å². The van der Waals surface area contributed by atoms with Crippen LogP contribution in [0.3, 0.4) is 0 Å². The minimum absolute atomic E-state index is 0.227. The van der Waals surface area contributed by atoms with Gasteiger partial charge in [0, 0.05) is 12.1 Å². The van der Waals surface area contributed by atoms with E-state index in [1.54, 1.807) is 0 Å². The highest BCUT2D eigenvalue weighted by Gasteiger charge is 2.20. The van der Waals surface area contributed by atoms with E-state index >= 15 is 0 Å². The Kier molecular flexibility index (Phi) is 3.65. The fraction of sp³-hybridized carbons (Fsp3) is 0.778. The van der Waals surface area contributed by atoms with Crippen LogP contribution in [-0.4, -0.2) is 22.3 Å². The molecule has 0 aliphatic heterocycles. The van der Waals surface area contributed by atoms with Crippen LogP contribution in [0.5, 0.6) is 0 Å². The predicted molar refractivity (Wildman–Crippen MR) is 58.7 cm³/mol. The zero-order valence-electron chi connectivity index (χ0n) is 8.70. The maximum absolute atomic E-state index is 12.3. The summed E-state index contributed by atoms with van der Waals surface area (Å²) in [5.74, 6) is 0. The summed E-state index contributed by atoms with van der Waals surface area (Å²) in [5.41, 5.74) is 5.78. The standard InChI is InChI=1S/C9H14F2N4S/c10-7(11)8-14-15-9(16-8)13-6-3-1-5(12)2-4-6/h5-7H,1-4,12H2,(H,13,15). The molecule has 16 heavy (non-hydrogen) atoms. The maximum atomic E-state index is 12.3. The Balaban J connectivity index is 1.88. The smallest absolute Gasteiger partial charge is 0.291 e. The summed E-state index contributed by atoms with van der Waals surface area (Å²) in [4.78, 5) is 0. The van der Waals surface area contributed by atoms with Gasteiger partial charge in [0.05, 0.1) is 0 Å². The van der Waals surface area contributed by atoms with E-state index in [1.165, 1.54) is 0 Å². The van der Waals surface area contributed by atoms with E-state index in [-0.39, 0.29) is 11.0 Å². The first-order chi connectivity index (χ1) is 7.65. The lowest BCUT2D eigenvalue weighted by atomic mass is 9.92. The van der Waals surface area contributed by atoms with Crippen molar-refractivity contribution in [2.24, 2.45) is 5.73 Å². The van der Waals surface area contributed by atoms with E-state index < -0.39 is 6.43 Å². The molecule has 1 aromatic rings. The molecular weight excluding hydrogens is 234 g/mol. The second-order valence-electron chi connectivity index (χ2n) is 4.00. The normalized spacial score (nSPS) is 26.0. The molecule has 1 aliphatic carbocycles. The van der Waals surface area contributed by atoms with Gasteiger partial charge in [0.2, 0.25) is 5.13 Å². The van der Waals surface area contributed by atoms with Crippen LogP contribution in [-0.2, 0) is 0 Å². The van der Waals surface area contributed by atoms with Crippen LogP contribution in [0.15, 0.2) is 0 Å². The lowest BCUT2D eigenvalue weighted by Crippen LogP contribution is -2.32. The zero-order valence-corrected chi connectivity index (χ0v) is 9.51. The Labute approximate surface area is 96.2 Å². The van der Waals surface area contributed by atoms with Crippen molar-refractivity contribution < 1.29 is 8.78 Å². The van der Waals surface area contributed by atoms with Crippen molar-refractivity contribution in [1.82, 2.24) is 10.2 Å². The number of nitrogens with one attached hydrogen (secondary N) is 1. The van der Waals surface area contributed by atoms with Crippen molar-refractivity contribution in [3.63, 3.8) is 0 Å². The van der Waals surface area contributed by atoms with Gasteiger partial charge in [0.1, 0.15) is 0 Å². The molecule has 3 N–H and O–H groups in total. The number of alkyl halides is 2. The summed E-state index contributed by atoms with van der Waals surface area (Å²) < 4.78 is 24.5. The van der Waals surface area contributed by atoms with Crippen LogP contribution in [0.25, 0.3) is 0 Å². The van der Waals surface area contributed by atoms with E-state index in [4.69, 9.17) is 5.73 Å². The first-order valence-corrected chi connectivity index (χ1v) is 6.10. The summed E-state index contributed by atoms with van der Waals surface area (Å²) in [6, 6.07) is 0.572. The third-order valence-electron chi connectivity index (χ3n) is 2.73. The molecule has 2 rings (SSSR count). The van der Waals surface area contributed by atoms with Gasteiger partial charge in [-0.3, -0.25) is 0 Å². The first kappa shape index (κ1) is 11.7. The number of anilines is 1. The summed E-state index contributed by atoms with van der Waals surface area (Å²) in [7, 11) is 0. The number of aromatic nitrogens is 2. The predicted octanol–water partition coefficient (Wildman–Crippen LogP) is 2.16. The molecule has 0 atom stereocenters. The quantitative estimate of drug-likeness (QED) is 0.860. The molecule has 90 valence electrons. The third-order valence-corrected chi connectivity index (χ3v) is 3.59. The van der Waals surface area contributed by atoms with Crippen LogP contribution in [0.4, 0.5) is 13.9 Å². The molecule has 0 spiro atoms. The average Bonchev–Trinajstić information content (AvgIpc) is 2.70. The number of nitrogens with zero attached hydrogens (tertiary/aromatic N) is 2. The minimum atomic E-state index is -2.53. The van der Waals surface area contributed by atoms with Crippen LogP contribution < -0.4 is 11.1 Å². The van der Waals surface area contributed by atoms with Crippen molar-refractivity contribution in [2.75, 3.05) is 5.32 Å². The van der Waals surface area contributed by atoms with Crippen molar-refractivity contribution >= 4 is 16.5 Å². The zero-order chi connectivity index (χ0) is 11.5. The number of nitrogens with two attached hydrogens (primary N) is 1. The van der Waals surface area contributed by atoms with E-state index in [0.717, 1.165) is 37.0 Å². The monoisotopic (exact) mass is 248 g/mol. The van der Waals surface area contributed by atoms with Crippen LogP contribution >= 0.6 is 11.3 Å². The molecule has 0 bridgehead atoms. The van der Waals surface area contributed by atoms with E-state index in [1.807, 2.05) is 0 Å². The SMILES string of the molecule is NC1CCC(Nc2nnc(C(F)F)s2)CC1. The summed E-state index contributed by atoms with van der Waals surface area (Å²) in [5, 5.41) is 10.5. The highest BCUT2D eigenvalue weighted by molar-refractivity contribution is 7.15. The van der Waals surface area contributed by atoms with Crippen molar-refractivity contribution in [3.05, 3.63) is 5.01 Å². The lowest BCUT2D eigenvalue weighted by molar-refractivity contribution is 0.150. The summed E-state index contributed by atoms with van der Waals surface area (Å²) in [6.07, 6.45) is 1.33. The van der Waals surface area contributed by atoms with Crippen molar-refractivity contribution in [3.8, 4) is 0 Å². The minimum Gasteiger partial charge on any atom is -0.357 e.